The van der Waals surface area contributed by atoms with Gasteiger partial charge in [0.25, 0.3) is 30.5 Å². The van der Waals surface area contributed by atoms with Crippen LogP contribution in [-0.4, -0.2) is 189 Å². The predicted octanol–water partition coefficient (Wildman–Crippen LogP) is 12.9. The molecule has 16 atom stereocenters. The number of hydrogen-bond acceptors (Lipinski definition) is 24. The van der Waals surface area contributed by atoms with Crippen LogP contribution in [0.1, 0.15) is 232 Å². The van der Waals surface area contributed by atoms with Crippen LogP contribution in [0.15, 0.2) is 196 Å². The molecule has 2 aliphatic heterocycles. The van der Waals surface area contributed by atoms with Gasteiger partial charge in [0.05, 0.1) is 66.3 Å². The van der Waals surface area contributed by atoms with Crippen molar-refractivity contribution < 1.29 is 77.2 Å². The van der Waals surface area contributed by atoms with Crippen molar-refractivity contribution in [1.29, 1.82) is 0 Å². The monoisotopic (exact) mass is 1820 g/mol. The van der Waals surface area contributed by atoms with Gasteiger partial charge < -0.3 is 65.8 Å². The first-order valence-corrected chi connectivity index (χ1v) is 46.9. The van der Waals surface area contributed by atoms with Gasteiger partial charge in [-0.2, -0.15) is 0 Å². The number of aliphatic carboxylic acids is 1. The van der Waals surface area contributed by atoms with Gasteiger partial charge in [0.1, 0.15) is 28.8 Å². The second kappa shape index (κ2) is 48.6. The lowest BCUT2D eigenvalue weighted by molar-refractivity contribution is -0.199. The number of rotatable bonds is 38. The molecule has 8 aromatic rings. The van der Waals surface area contributed by atoms with Gasteiger partial charge in [-0.15, -0.1) is 0 Å². The first-order chi connectivity index (χ1) is 63.2. The summed E-state index contributed by atoms with van der Waals surface area (Å²) in [6.07, 6.45) is 26.8. The van der Waals surface area contributed by atoms with Crippen LogP contribution in [0.5, 0.6) is 0 Å². The molecule has 10 N–H and O–H groups in total. The van der Waals surface area contributed by atoms with E-state index in [0.29, 0.717) is 66.6 Å². The molecule has 6 aliphatic carbocycles. The number of nitrogens with zero attached hydrogens (tertiary/aromatic N) is 8. The summed E-state index contributed by atoms with van der Waals surface area (Å²) in [5.74, 6) is -0.0266. The van der Waals surface area contributed by atoms with Gasteiger partial charge in [-0.1, -0.05) is 218 Å². The van der Waals surface area contributed by atoms with Crippen molar-refractivity contribution in [3.63, 3.8) is 0 Å². The van der Waals surface area contributed by atoms with Crippen LogP contribution in [-0.2, 0) is 63.5 Å². The Morgan fingerprint density at radius 3 is 1.02 bits per heavy atom. The molecule has 16 rings (SSSR count). The standard InChI is InChI=1S/C30H40BN3O4.C21H28BN3O3.C20H26BN3O4.C15H28BNO2.C14H13N3O3/c1-19(2)13-22(31-37-27-16-21-15-26(29(21,3)4)30(27,5)38-31)17-25(35)23(14-20-9-7-6-8-10-20)34-28(36)24-18-32-11-12-33-24;1-15(2)11-17(22(3)28)13-20(26)18(12-16-7-5-4-6-8-16)25-21(27)19-14-23-9-10-24-19;1-14(2)10-16(21(27)28)12-19(25)17(11-15-6-4-3-5-7-15)24-20(26)18-13-22-8-9-23-18;1-9(2)6-13(17)16-18-12-8-10-7-11(14(10,3)4)15(12,5)19-16;18-13(12-9-15-6-7-16-12)17-11(14(19)20)8-10-4-2-1-3-5-10/h6-12,18-19,21-23,26-27H,13-17H2,1-5H3,(H,34,36);4-10,14-15,17-18,28H,11-13H2,1-3H3,(H,25,27);3-9,13-14,16-17,27-28H,10-12H2,1-2H3,(H,24,26);9-13H,6-8,17H2,1-5H3;1-7,9,11H,8H2,(H,17,18)(H,19,20)/t21?,22?,23-,26?,27?,30+;17?,18-;16?,17-;10?,11?,12?,13?,15-;11-/m00010/s1. The number of Topliss-reactive ketones (excluding diaryl/α,β-unsaturated/α-hetero) is 3. The van der Waals surface area contributed by atoms with E-state index in [0.717, 1.165) is 60.3 Å². The van der Waals surface area contributed by atoms with Crippen LogP contribution in [0.25, 0.3) is 0 Å². The first kappa shape index (κ1) is 105. The number of carboxylic acid groups (broad SMARTS) is 1. The van der Waals surface area contributed by atoms with Crippen molar-refractivity contribution in [2.45, 2.75) is 271 Å². The second-order valence-corrected chi connectivity index (χ2v) is 39.9. The number of carboxylic acids is 1. The van der Waals surface area contributed by atoms with E-state index in [9.17, 15) is 58.5 Å². The Kier molecular flexibility index (Phi) is 38.2. The molecule has 33 heteroatoms. The summed E-state index contributed by atoms with van der Waals surface area (Å²) >= 11 is 0. The first-order valence-electron chi connectivity index (χ1n) is 46.9. The lowest BCUT2D eigenvalue weighted by Gasteiger charge is -2.64. The fourth-order valence-electron chi connectivity index (χ4n) is 19.8. The number of ketones is 3. The van der Waals surface area contributed by atoms with Crippen molar-refractivity contribution in [1.82, 2.24) is 61.1 Å². The quantitative estimate of drug-likeness (QED) is 0.0162. The molecule has 8 aliphatic rings. The minimum Gasteiger partial charge on any atom is -0.480 e. The Morgan fingerprint density at radius 1 is 0.414 bits per heavy atom. The molecule has 4 bridgehead atoms. The average molecular weight is 1820 g/mol. The molecule has 0 radical (unpaired) electrons. The molecule has 4 aromatic heterocycles. The van der Waals surface area contributed by atoms with Crippen LogP contribution < -0.4 is 27.0 Å². The van der Waals surface area contributed by atoms with Crippen molar-refractivity contribution >= 4 is 75.2 Å². The SMILES string of the molecule is CB(O)C(CC(=O)[C@H](Cc1ccccc1)NC(=O)c1cnccn1)CC(C)C.CC(C)CC(CC(=O)[C@H](Cc1ccccc1)NC(=O)c1cnccn1)B(O)O.CC(C)CC(CC(=O)[C@H](Cc1ccccc1)NC(=O)c1cnccn1)B1OC2CC3CC(C3(C)C)[C@@]2(C)O1.CC(C)CC(N)B1OC2CC3CC(C3(C)C)[C@@]2(C)O1.O=C(N[C@@H](Cc1ccccc1)C(=O)O)c1cnccn1. The van der Waals surface area contributed by atoms with Crippen LogP contribution in [0.2, 0.25) is 24.3 Å². The third-order valence-electron chi connectivity index (χ3n) is 27.2. The zero-order valence-electron chi connectivity index (χ0n) is 79.6. The van der Waals surface area contributed by atoms with E-state index in [2.05, 4.69) is 144 Å². The van der Waals surface area contributed by atoms with Crippen LogP contribution in [0.3, 0.4) is 0 Å². The summed E-state index contributed by atoms with van der Waals surface area (Å²) in [5, 5.41) is 49.5. The molecule has 6 saturated carbocycles. The van der Waals surface area contributed by atoms with Gasteiger partial charge in [-0.3, -0.25) is 53.5 Å². The molecule has 133 heavy (non-hydrogen) atoms. The zero-order chi connectivity index (χ0) is 96.5. The average Bonchev–Trinajstić information content (AvgIpc) is 1.59. The number of benzene rings is 4. The number of nitrogens with one attached hydrogen (secondary N) is 4. The molecule has 708 valence electrons. The summed E-state index contributed by atoms with van der Waals surface area (Å²) < 4.78 is 25.9. The maximum Gasteiger partial charge on any atom is 0.475 e. The number of nitrogens with two attached hydrogens (primary N) is 1. The largest absolute Gasteiger partial charge is 0.480 e. The molecule has 4 amide bonds. The predicted molar refractivity (Wildman–Crippen MR) is 512 cm³/mol. The van der Waals surface area contributed by atoms with Crippen LogP contribution >= 0.6 is 0 Å². The third-order valence-corrected chi connectivity index (χ3v) is 27.2. The summed E-state index contributed by atoms with van der Waals surface area (Å²) in [6, 6.07) is 34.6. The Labute approximate surface area is 784 Å². The fraction of sp³-hybridized carbons (Fsp3) is 0.520. The molecule has 8 fully saturated rings. The van der Waals surface area contributed by atoms with Crippen molar-refractivity contribution in [2.75, 3.05) is 0 Å². The van der Waals surface area contributed by atoms with E-state index in [4.69, 9.17) is 24.4 Å². The van der Waals surface area contributed by atoms with Crippen molar-refractivity contribution in [3.05, 3.63) is 241 Å². The van der Waals surface area contributed by atoms with Gasteiger partial charge >= 0.3 is 27.3 Å². The highest BCUT2D eigenvalue weighted by Crippen LogP contribution is 2.67. The molecule has 6 heterocycles. The number of carbonyl (C=O) groups excluding carboxylic acids is 7. The number of carbonyl (C=O) groups is 8. The van der Waals surface area contributed by atoms with E-state index in [1.54, 1.807) is 6.82 Å². The van der Waals surface area contributed by atoms with Crippen molar-refractivity contribution in [3.8, 4) is 0 Å². The summed E-state index contributed by atoms with van der Waals surface area (Å²) in [6.45, 7) is 31.8. The molecule has 2 saturated heterocycles. The third kappa shape index (κ3) is 29.3. The lowest BCUT2D eigenvalue weighted by atomic mass is 9.43. The second-order valence-electron chi connectivity index (χ2n) is 39.9. The van der Waals surface area contributed by atoms with Gasteiger partial charge in [-0.05, 0) is 164 Å². The Hall–Kier alpha value is -10.5. The minimum atomic E-state index is -1.58. The van der Waals surface area contributed by atoms with Crippen molar-refractivity contribution in [2.24, 2.45) is 63.9 Å². The maximum absolute atomic E-state index is 13.9. The van der Waals surface area contributed by atoms with Gasteiger partial charge in [-0.25, -0.2) is 24.7 Å². The number of aromatic nitrogens is 8. The molecule has 29 nitrogen and oxygen atoms in total. The van der Waals surface area contributed by atoms with E-state index in [1.165, 1.54) is 87.2 Å². The summed E-state index contributed by atoms with van der Waals surface area (Å²) in [4.78, 5) is 132. The lowest BCUT2D eigenvalue weighted by Crippen LogP contribution is -2.65. The fourth-order valence-corrected chi connectivity index (χ4v) is 19.8. The Morgan fingerprint density at radius 2 is 0.714 bits per heavy atom. The van der Waals surface area contributed by atoms with E-state index >= 15 is 0 Å². The Balaban J connectivity index is 0.000000176. The van der Waals surface area contributed by atoms with Crippen LogP contribution in [0.4, 0.5) is 0 Å². The normalized spacial score (nSPS) is 21.9. The van der Waals surface area contributed by atoms with Gasteiger partial charge in [0, 0.05) is 92.8 Å². The minimum absolute atomic E-state index is 0.00253. The summed E-state index contributed by atoms with van der Waals surface area (Å²) in [7, 11) is -2.20. The van der Waals surface area contributed by atoms with Gasteiger partial charge in [0.2, 0.25) is 0 Å². The zero-order valence-corrected chi connectivity index (χ0v) is 79.6. The highest BCUT2D eigenvalue weighted by Gasteiger charge is 2.70. The van der Waals surface area contributed by atoms with E-state index in [-0.39, 0.29) is 125 Å². The smallest absolute Gasteiger partial charge is 0.475 e. The molecule has 10 unspecified atom stereocenters. The number of hydrogen-bond donors (Lipinski definition) is 9. The topological polar surface area (TPSA) is 432 Å². The summed E-state index contributed by atoms with van der Waals surface area (Å²) in [5.41, 5.74) is 10.8. The molecular weight excluding hydrogens is 1680 g/mol. The molecular formula is C100H135B4N13O16. The molecule has 0 spiro atoms. The van der Waals surface area contributed by atoms with E-state index < -0.39 is 80.7 Å². The van der Waals surface area contributed by atoms with Gasteiger partial charge in [0.15, 0.2) is 17.3 Å². The number of amides is 4. The van der Waals surface area contributed by atoms with E-state index in [1.807, 2.05) is 135 Å². The van der Waals surface area contributed by atoms with Crippen LogP contribution in [0, 0.1) is 58.2 Å². The molecule has 4 aromatic carbocycles. The highest BCUT2D eigenvalue weighted by molar-refractivity contribution is 6.51. The Bertz CT molecular complexity index is 4890. The highest BCUT2D eigenvalue weighted by atomic mass is 16.7. The maximum atomic E-state index is 13.9.